The summed E-state index contributed by atoms with van der Waals surface area (Å²) in [7, 11) is 0. The summed E-state index contributed by atoms with van der Waals surface area (Å²) in [6.07, 6.45) is 3.66. The van der Waals surface area contributed by atoms with E-state index in [4.69, 9.17) is 9.52 Å². The Labute approximate surface area is 157 Å². The Morgan fingerprint density at radius 3 is 2.63 bits per heavy atom. The number of furan rings is 1. The van der Waals surface area contributed by atoms with Gasteiger partial charge >= 0.3 is 0 Å². The predicted octanol–water partition coefficient (Wildman–Crippen LogP) is 4.54. The van der Waals surface area contributed by atoms with Crippen LogP contribution in [-0.4, -0.2) is 15.7 Å². The average molecular weight is 367 g/mol. The molecule has 0 atom stereocenters. The zero-order valence-corrected chi connectivity index (χ0v) is 15.4. The van der Waals surface area contributed by atoms with Crippen molar-refractivity contribution in [3.63, 3.8) is 0 Å². The smallest absolute Gasteiger partial charge is 0.255 e. The SMILES string of the molecule is CC(C)c1c(C(=O)NCc2ccco2)c(C2CC2)nn1-c1ccc(F)cc1. The molecule has 2 aromatic heterocycles. The Balaban J connectivity index is 1.74. The number of rotatable bonds is 6. The van der Waals surface area contributed by atoms with E-state index < -0.39 is 0 Å². The van der Waals surface area contributed by atoms with E-state index in [1.54, 1.807) is 29.1 Å². The fourth-order valence-corrected chi connectivity index (χ4v) is 3.31. The Morgan fingerprint density at radius 1 is 1.30 bits per heavy atom. The van der Waals surface area contributed by atoms with Gasteiger partial charge in [0, 0.05) is 5.92 Å². The van der Waals surface area contributed by atoms with Gasteiger partial charge in [0.2, 0.25) is 0 Å². The van der Waals surface area contributed by atoms with Crippen molar-refractivity contribution in [3.05, 3.63) is 71.2 Å². The van der Waals surface area contributed by atoms with Crippen molar-refractivity contribution in [1.29, 1.82) is 0 Å². The number of hydrogen-bond acceptors (Lipinski definition) is 3. The lowest BCUT2D eigenvalue weighted by atomic mass is 10.0. The first kappa shape index (κ1) is 17.5. The summed E-state index contributed by atoms with van der Waals surface area (Å²) >= 11 is 0. The molecule has 1 fully saturated rings. The summed E-state index contributed by atoms with van der Waals surface area (Å²) in [4.78, 5) is 13.1. The minimum atomic E-state index is -0.296. The minimum Gasteiger partial charge on any atom is -0.467 e. The molecule has 0 bridgehead atoms. The summed E-state index contributed by atoms with van der Waals surface area (Å²) in [5, 5.41) is 7.72. The second kappa shape index (κ2) is 7.02. The van der Waals surface area contributed by atoms with E-state index in [9.17, 15) is 9.18 Å². The molecule has 0 saturated heterocycles. The van der Waals surface area contributed by atoms with Crippen molar-refractivity contribution in [3.8, 4) is 5.69 Å². The zero-order chi connectivity index (χ0) is 19.0. The van der Waals surface area contributed by atoms with Crippen LogP contribution in [0.5, 0.6) is 0 Å². The number of hydrogen-bond donors (Lipinski definition) is 1. The minimum absolute atomic E-state index is 0.0828. The molecule has 0 spiro atoms. The van der Waals surface area contributed by atoms with Gasteiger partial charge in [-0.25, -0.2) is 9.07 Å². The number of benzene rings is 1. The van der Waals surface area contributed by atoms with Gasteiger partial charge < -0.3 is 9.73 Å². The van der Waals surface area contributed by atoms with Gasteiger partial charge in [0.05, 0.1) is 35.4 Å². The van der Waals surface area contributed by atoms with Crippen molar-refractivity contribution < 1.29 is 13.6 Å². The van der Waals surface area contributed by atoms with Gasteiger partial charge in [0.25, 0.3) is 5.91 Å². The van der Waals surface area contributed by atoms with Crippen molar-refractivity contribution in [2.24, 2.45) is 0 Å². The zero-order valence-electron chi connectivity index (χ0n) is 15.4. The maximum atomic E-state index is 13.3. The third kappa shape index (κ3) is 3.52. The van der Waals surface area contributed by atoms with Gasteiger partial charge in [-0.05, 0) is 55.2 Å². The molecular formula is C21H22FN3O2. The first-order valence-corrected chi connectivity index (χ1v) is 9.24. The van der Waals surface area contributed by atoms with Crippen LogP contribution in [0.15, 0.2) is 47.1 Å². The fourth-order valence-electron chi connectivity index (χ4n) is 3.31. The van der Waals surface area contributed by atoms with Crippen molar-refractivity contribution >= 4 is 5.91 Å². The predicted molar refractivity (Wildman–Crippen MR) is 99.5 cm³/mol. The summed E-state index contributed by atoms with van der Waals surface area (Å²) in [5.41, 5.74) is 3.08. The Morgan fingerprint density at radius 2 is 2.04 bits per heavy atom. The molecule has 27 heavy (non-hydrogen) atoms. The monoisotopic (exact) mass is 367 g/mol. The molecular weight excluding hydrogens is 345 g/mol. The molecule has 1 aliphatic rings. The third-order valence-electron chi connectivity index (χ3n) is 4.76. The molecule has 4 rings (SSSR count). The molecule has 6 heteroatoms. The molecule has 3 aromatic rings. The quantitative estimate of drug-likeness (QED) is 0.696. The maximum absolute atomic E-state index is 13.3. The second-order valence-electron chi connectivity index (χ2n) is 7.22. The summed E-state index contributed by atoms with van der Waals surface area (Å²) < 4.78 is 20.4. The lowest BCUT2D eigenvalue weighted by molar-refractivity contribution is 0.0945. The van der Waals surface area contributed by atoms with Gasteiger partial charge in [0.1, 0.15) is 11.6 Å². The molecule has 140 valence electrons. The average Bonchev–Trinajstić information content (AvgIpc) is 3.21. The van der Waals surface area contributed by atoms with E-state index in [-0.39, 0.29) is 17.6 Å². The Hall–Kier alpha value is -2.89. The van der Waals surface area contributed by atoms with E-state index in [1.807, 2.05) is 19.9 Å². The highest BCUT2D eigenvalue weighted by Gasteiger charge is 2.35. The highest BCUT2D eigenvalue weighted by Crippen LogP contribution is 2.43. The normalized spacial score (nSPS) is 13.9. The van der Waals surface area contributed by atoms with Crippen LogP contribution < -0.4 is 5.32 Å². The van der Waals surface area contributed by atoms with Crippen molar-refractivity contribution in [2.45, 2.75) is 45.1 Å². The van der Waals surface area contributed by atoms with Gasteiger partial charge in [0.15, 0.2) is 0 Å². The number of amides is 1. The van der Waals surface area contributed by atoms with Crippen LogP contribution in [-0.2, 0) is 6.54 Å². The van der Waals surface area contributed by atoms with E-state index >= 15 is 0 Å². The molecule has 0 aliphatic heterocycles. The van der Waals surface area contributed by atoms with Gasteiger partial charge in [-0.3, -0.25) is 4.79 Å². The third-order valence-corrected chi connectivity index (χ3v) is 4.76. The van der Waals surface area contributed by atoms with Crippen LogP contribution in [0.25, 0.3) is 5.69 Å². The first-order chi connectivity index (χ1) is 13.0. The molecule has 1 saturated carbocycles. The van der Waals surface area contributed by atoms with Crippen LogP contribution in [0.1, 0.15) is 66.0 Å². The van der Waals surface area contributed by atoms with E-state index in [2.05, 4.69) is 5.32 Å². The van der Waals surface area contributed by atoms with Crippen molar-refractivity contribution in [2.75, 3.05) is 0 Å². The Bertz CT molecular complexity index is 939. The van der Waals surface area contributed by atoms with Crippen molar-refractivity contribution in [1.82, 2.24) is 15.1 Å². The van der Waals surface area contributed by atoms with E-state index in [1.165, 1.54) is 12.1 Å². The molecule has 2 heterocycles. The standard InChI is InChI=1S/C21H22FN3O2/c1-13(2)20-18(21(26)23-12-17-4-3-11-27-17)19(14-5-6-14)24-25(20)16-9-7-15(22)8-10-16/h3-4,7-11,13-14H,5-6,12H2,1-2H3,(H,23,26). The topological polar surface area (TPSA) is 60.1 Å². The first-order valence-electron chi connectivity index (χ1n) is 9.24. The molecule has 5 nitrogen and oxygen atoms in total. The number of carbonyl (C=O) groups excluding carboxylic acids is 1. The molecule has 1 N–H and O–H groups in total. The number of nitrogens with zero attached hydrogens (tertiary/aromatic N) is 2. The molecule has 1 aliphatic carbocycles. The highest BCUT2D eigenvalue weighted by atomic mass is 19.1. The summed E-state index contributed by atoms with van der Waals surface area (Å²) in [6.45, 7) is 4.41. The number of aromatic nitrogens is 2. The number of halogens is 1. The van der Waals surface area contributed by atoms with E-state index in [0.717, 1.165) is 29.9 Å². The highest BCUT2D eigenvalue weighted by molar-refractivity contribution is 5.97. The fraction of sp³-hybridized carbons (Fsp3) is 0.333. The molecule has 1 amide bonds. The Kier molecular flexibility index (Phi) is 4.56. The summed E-state index contributed by atoms with van der Waals surface area (Å²) in [6, 6.07) is 9.82. The van der Waals surface area contributed by atoms with Crippen LogP contribution in [0.2, 0.25) is 0 Å². The molecule has 1 aromatic carbocycles. The van der Waals surface area contributed by atoms with Gasteiger partial charge in [-0.15, -0.1) is 0 Å². The van der Waals surface area contributed by atoms with Gasteiger partial charge in [-0.1, -0.05) is 13.8 Å². The molecule has 0 unspecified atom stereocenters. The number of carbonyl (C=O) groups is 1. The van der Waals surface area contributed by atoms with Crippen LogP contribution in [0, 0.1) is 5.82 Å². The van der Waals surface area contributed by atoms with Crippen LogP contribution >= 0.6 is 0 Å². The van der Waals surface area contributed by atoms with Crippen LogP contribution in [0.3, 0.4) is 0 Å². The summed E-state index contributed by atoms with van der Waals surface area (Å²) in [5.74, 6) is 0.655. The molecule has 0 radical (unpaired) electrons. The van der Waals surface area contributed by atoms with E-state index in [0.29, 0.717) is 23.8 Å². The van der Waals surface area contributed by atoms with Gasteiger partial charge in [-0.2, -0.15) is 5.10 Å². The lowest BCUT2D eigenvalue weighted by Gasteiger charge is -2.13. The second-order valence-corrected chi connectivity index (χ2v) is 7.22. The van der Waals surface area contributed by atoms with Crippen LogP contribution in [0.4, 0.5) is 4.39 Å². The number of nitrogens with one attached hydrogen (secondary N) is 1. The lowest BCUT2D eigenvalue weighted by Crippen LogP contribution is -2.25. The maximum Gasteiger partial charge on any atom is 0.255 e. The largest absolute Gasteiger partial charge is 0.467 e.